The highest BCUT2D eigenvalue weighted by molar-refractivity contribution is 6.18. The van der Waals surface area contributed by atoms with Crippen molar-refractivity contribution >= 4 is 32.7 Å². The van der Waals surface area contributed by atoms with E-state index in [0.717, 1.165) is 61.4 Å². The van der Waals surface area contributed by atoms with Crippen LogP contribution in [0.1, 0.15) is 22.3 Å². The van der Waals surface area contributed by atoms with E-state index < -0.39 is 5.41 Å². The third-order valence-corrected chi connectivity index (χ3v) is 12.5. The lowest BCUT2D eigenvalue weighted by atomic mass is 9.67. The average Bonchev–Trinajstić information content (AvgIpc) is 3.87. The fraction of sp³-hybridized carbons (Fsp3) is 0.0175. The Morgan fingerprint density at radius 1 is 0.367 bits per heavy atom. The molecule has 0 unspecified atom stereocenters. The third kappa shape index (κ3) is 5.09. The van der Waals surface area contributed by atoms with E-state index in [4.69, 9.17) is 9.97 Å². The molecule has 3 nitrogen and oxygen atoms in total. The first kappa shape index (κ1) is 34.2. The number of imidazole rings is 1. The van der Waals surface area contributed by atoms with Crippen LogP contribution in [0.5, 0.6) is 0 Å². The quantitative estimate of drug-likeness (QED) is 0.158. The van der Waals surface area contributed by atoms with E-state index >= 15 is 0 Å². The molecule has 0 spiro atoms. The van der Waals surface area contributed by atoms with Gasteiger partial charge in [-0.1, -0.05) is 194 Å². The summed E-state index contributed by atoms with van der Waals surface area (Å²) in [4.78, 5) is 10.6. The van der Waals surface area contributed by atoms with Gasteiger partial charge in [-0.05, 0) is 80.2 Å². The summed E-state index contributed by atoms with van der Waals surface area (Å²) < 4.78 is 2.26. The summed E-state index contributed by atoms with van der Waals surface area (Å²) in [6.45, 7) is 0. The van der Waals surface area contributed by atoms with Crippen LogP contribution in [-0.2, 0) is 5.41 Å². The van der Waals surface area contributed by atoms with Gasteiger partial charge in [0.05, 0.1) is 27.7 Å². The molecule has 0 radical (unpaired) electrons. The van der Waals surface area contributed by atoms with Gasteiger partial charge in [-0.3, -0.25) is 4.57 Å². The normalized spacial score (nSPS) is 12.8. The van der Waals surface area contributed by atoms with Gasteiger partial charge in [0.1, 0.15) is 5.82 Å². The second-order valence-electron chi connectivity index (χ2n) is 15.7. The molecule has 0 saturated heterocycles. The number of hydrogen-bond acceptors (Lipinski definition) is 2. The summed E-state index contributed by atoms with van der Waals surface area (Å²) >= 11 is 0. The highest BCUT2D eigenvalue weighted by atomic mass is 15.1. The Labute approximate surface area is 348 Å². The molecule has 0 bridgehead atoms. The predicted molar refractivity (Wildman–Crippen MR) is 247 cm³/mol. The largest absolute Gasteiger partial charge is 0.292 e. The molecule has 60 heavy (non-hydrogen) atoms. The molecule has 0 fully saturated rings. The van der Waals surface area contributed by atoms with Crippen molar-refractivity contribution in [1.82, 2.24) is 14.5 Å². The molecule has 2 heterocycles. The first-order valence-corrected chi connectivity index (χ1v) is 20.6. The first-order valence-electron chi connectivity index (χ1n) is 20.6. The fourth-order valence-electron chi connectivity index (χ4n) is 9.88. The smallest absolute Gasteiger partial charge is 0.145 e. The maximum Gasteiger partial charge on any atom is 0.145 e. The molecule has 1 aliphatic rings. The minimum atomic E-state index is -0.494. The van der Waals surface area contributed by atoms with Crippen LogP contribution in [0.2, 0.25) is 0 Å². The molecule has 1 aliphatic carbocycles. The summed E-state index contributed by atoms with van der Waals surface area (Å²) in [5, 5.41) is 3.56. The van der Waals surface area contributed by atoms with Crippen molar-refractivity contribution in [3.8, 4) is 50.6 Å². The Balaban J connectivity index is 1.02. The van der Waals surface area contributed by atoms with Crippen molar-refractivity contribution in [1.29, 1.82) is 0 Å². The average molecular weight is 764 g/mol. The summed E-state index contributed by atoms with van der Waals surface area (Å²) in [5.41, 5.74) is 16.7. The lowest BCUT2D eigenvalue weighted by Crippen LogP contribution is -2.28. The van der Waals surface area contributed by atoms with Crippen molar-refractivity contribution in [2.24, 2.45) is 0 Å². The Bertz CT molecular complexity index is 3350. The van der Waals surface area contributed by atoms with E-state index in [2.05, 4.69) is 217 Å². The van der Waals surface area contributed by atoms with Gasteiger partial charge in [0.2, 0.25) is 0 Å². The molecule has 2 aromatic heterocycles. The van der Waals surface area contributed by atoms with Crippen LogP contribution in [-0.4, -0.2) is 14.5 Å². The zero-order valence-electron chi connectivity index (χ0n) is 32.7. The molecule has 0 atom stereocenters. The Kier molecular flexibility index (Phi) is 7.76. The number of nitrogens with zero attached hydrogens (tertiary/aromatic N) is 3. The Morgan fingerprint density at radius 3 is 1.65 bits per heavy atom. The van der Waals surface area contributed by atoms with Crippen molar-refractivity contribution in [3.05, 3.63) is 247 Å². The maximum absolute atomic E-state index is 5.51. The molecule has 280 valence electrons. The van der Waals surface area contributed by atoms with Crippen LogP contribution in [0, 0.1) is 0 Å². The zero-order valence-corrected chi connectivity index (χ0v) is 32.7. The molecule has 0 saturated carbocycles. The molecule has 0 amide bonds. The Morgan fingerprint density at radius 2 is 0.933 bits per heavy atom. The summed E-state index contributed by atoms with van der Waals surface area (Å²) in [6.07, 6.45) is 0. The monoisotopic (exact) mass is 763 g/mol. The van der Waals surface area contributed by atoms with Crippen LogP contribution >= 0.6 is 0 Å². The fourth-order valence-corrected chi connectivity index (χ4v) is 9.88. The lowest BCUT2D eigenvalue weighted by Gasteiger charge is -2.34. The number of fused-ring (bicyclic) bond motifs is 8. The van der Waals surface area contributed by atoms with E-state index in [0.29, 0.717) is 0 Å². The SMILES string of the molecule is c1ccc(-c2nc3ccccc3n2-c2ccc(-c3ccc(-c4nc5ccccc5c5ccc6c(c45)-c4ccccc4C6(c4ccccc4)c4ccccc4)cc3)cc2)cc1. The van der Waals surface area contributed by atoms with Gasteiger partial charge in [-0.2, -0.15) is 0 Å². The Hall–Kier alpha value is -7.88. The van der Waals surface area contributed by atoms with Crippen LogP contribution in [0.25, 0.3) is 83.3 Å². The van der Waals surface area contributed by atoms with Crippen LogP contribution in [0.15, 0.2) is 224 Å². The summed E-state index contributed by atoms with van der Waals surface area (Å²) in [6, 6.07) is 80.9. The van der Waals surface area contributed by atoms with Crippen molar-refractivity contribution in [2.75, 3.05) is 0 Å². The minimum Gasteiger partial charge on any atom is -0.292 e. The van der Waals surface area contributed by atoms with Crippen molar-refractivity contribution in [2.45, 2.75) is 5.41 Å². The highest BCUT2D eigenvalue weighted by Gasteiger charge is 2.47. The highest BCUT2D eigenvalue weighted by Crippen LogP contribution is 2.59. The molecular formula is C57H37N3. The molecule has 0 N–H and O–H groups in total. The molecule has 0 aliphatic heterocycles. The van der Waals surface area contributed by atoms with Gasteiger partial charge >= 0.3 is 0 Å². The summed E-state index contributed by atoms with van der Waals surface area (Å²) in [5.74, 6) is 0.933. The number of aromatic nitrogens is 3. The van der Waals surface area contributed by atoms with Crippen LogP contribution in [0.4, 0.5) is 0 Å². The van der Waals surface area contributed by atoms with Crippen molar-refractivity contribution < 1.29 is 0 Å². The van der Waals surface area contributed by atoms with Gasteiger partial charge in [-0.25, -0.2) is 9.97 Å². The second-order valence-corrected chi connectivity index (χ2v) is 15.7. The number of para-hydroxylation sites is 3. The summed E-state index contributed by atoms with van der Waals surface area (Å²) in [7, 11) is 0. The second kappa shape index (κ2) is 13.6. The van der Waals surface area contributed by atoms with Crippen LogP contribution in [0.3, 0.4) is 0 Å². The lowest BCUT2D eigenvalue weighted by molar-refractivity contribution is 0.769. The van der Waals surface area contributed by atoms with Gasteiger partial charge in [0.25, 0.3) is 0 Å². The topological polar surface area (TPSA) is 30.7 Å². The first-order chi connectivity index (χ1) is 29.8. The number of rotatable bonds is 6. The van der Waals surface area contributed by atoms with E-state index in [1.807, 2.05) is 12.1 Å². The van der Waals surface area contributed by atoms with Gasteiger partial charge in [0.15, 0.2) is 0 Å². The van der Waals surface area contributed by atoms with E-state index in [-0.39, 0.29) is 0 Å². The van der Waals surface area contributed by atoms with E-state index in [9.17, 15) is 0 Å². The third-order valence-electron chi connectivity index (χ3n) is 12.5. The number of benzene rings is 9. The molecular weight excluding hydrogens is 727 g/mol. The zero-order chi connectivity index (χ0) is 39.6. The molecule has 12 rings (SSSR count). The molecule has 11 aromatic rings. The van der Waals surface area contributed by atoms with Gasteiger partial charge < -0.3 is 0 Å². The van der Waals surface area contributed by atoms with E-state index in [1.54, 1.807) is 0 Å². The maximum atomic E-state index is 5.51. The van der Waals surface area contributed by atoms with Crippen LogP contribution < -0.4 is 0 Å². The standard InChI is InChI=1S/C57H37N3/c1-4-16-41(17-5-1)56-59-51-26-14-15-27-52(51)60(56)44-34-32-39(33-35-44)38-28-30-40(31-29-38)55-54-46(45-22-11-13-25-50(45)58-55)36-37-49-53(54)47-23-10-12-24-48(47)57(49,42-18-6-2-7-19-42)43-20-8-3-9-21-43/h1-37H. The van der Waals surface area contributed by atoms with Gasteiger partial charge in [-0.15, -0.1) is 0 Å². The minimum absolute atomic E-state index is 0.494. The molecule has 9 aromatic carbocycles. The number of hydrogen-bond donors (Lipinski definition) is 0. The number of pyridine rings is 1. The predicted octanol–water partition coefficient (Wildman–Crippen LogP) is 14.1. The molecule has 3 heteroatoms. The van der Waals surface area contributed by atoms with Gasteiger partial charge in [0, 0.05) is 27.6 Å². The van der Waals surface area contributed by atoms with Crippen molar-refractivity contribution in [3.63, 3.8) is 0 Å². The van der Waals surface area contributed by atoms with E-state index in [1.165, 1.54) is 44.2 Å².